The molecule has 2 aromatic rings. The molecule has 0 aromatic heterocycles. The first-order chi connectivity index (χ1) is 12.7. The number of carbonyl (C=O) groups excluding carboxylic acids is 2. The zero-order chi connectivity index (χ0) is 20.0. The van der Waals surface area contributed by atoms with Gasteiger partial charge >= 0.3 is 0 Å². The van der Waals surface area contributed by atoms with Gasteiger partial charge in [0.25, 0.3) is 0 Å². The second-order valence-corrected chi connectivity index (χ2v) is 7.52. The number of rotatable bonds is 6. The third kappa shape index (κ3) is 6.05. The average molecular weight is 387 g/mol. The van der Waals surface area contributed by atoms with E-state index in [0.717, 1.165) is 5.56 Å². The fourth-order valence-corrected chi connectivity index (χ4v) is 3.11. The van der Waals surface area contributed by atoms with Crippen molar-refractivity contribution in [2.75, 3.05) is 5.32 Å². The highest BCUT2D eigenvalue weighted by Gasteiger charge is 2.17. The van der Waals surface area contributed by atoms with Gasteiger partial charge in [0, 0.05) is 11.8 Å². The number of carbonyl (C=O) groups is 2. The Kier molecular flexibility index (Phi) is 6.49. The van der Waals surface area contributed by atoms with Gasteiger partial charge in [-0.3, -0.25) is 9.59 Å². The lowest BCUT2D eigenvalue weighted by atomic mass is 10.2. The summed E-state index contributed by atoms with van der Waals surface area (Å²) in [7, 11) is -3.89. The summed E-state index contributed by atoms with van der Waals surface area (Å²) in [5.41, 5.74) is 1.61. The lowest BCUT2D eigenvalue weighted by Crippen LogP contribution is -2.40. The van der Waals surface area contributed by atoms with Gasteiger partial charge in [0.15, 0.2) is 0 Å². The van der Waals surface area contributed by atoms with Crippen LogP contribution in [0, 0.1) is 6.92 Å². The molecule has 142 valence electrons. The maximum Gasteiger partial charge on any atom is 0.246 e. The lowest BCUT2D eigenvalue weighted by molar-refractivity contribution is -0.123. The number of hydrogen-bond acceptors (Lipinski definition) is 4. The summed E-state index contributed by atoms with van der Waals surface area (Å²) in [6, 6.07) is 12.8. The Bertz CT molecular complexity index is 970. The van der Waals surface area contributed by atoms with Gasteiger partial charge in [0.1, 0.15) is 6.04 Å². The predicted octanol–water partition coefficient (Wildman–Crippen LogP) is 1.80. The number of benzene rings is 2. The number of aryl methyl sites for hydroxylation is 1. The summed E-state index contributed by atoms with van der Waals surface area (Å²) in [4.78, 5) is 24.1. The molecular formula is C19H21N3O4S. The number of amides is 2. The molecule has 0 aliphatic heterocycles. The number of primary sulfonamides is 1. The maximum absolute atomic E-state index is 12.2. The second kappa shape index (κ2) is 8.61. The standard InChI is InChI=1S/C19H21N3O4S/c1-13-8-10-16(12-17(13)27(20,25)26)22-19(24)14(2)21-18(23)11-9-15-6-4-3-5-7-15/h3-12,14H,1-2H3,(H,21,23)(H,22,24)(H2,20,25,26)/b11-9+/t14-/m0/s1. The SMILES string of the molecule is Cc1ccc(NC(=O)[C@H](C)NC(=O)/C=C/c2ccccc2)cc1S(N)(=O)=O. The minimum atomic E-state index is -3.89. The summed E-state index contributed by atoms with van der Waals surface area (Å²) in [6.07, 6.45) is 2.97. The van der Waals surface area contributed by atoms with Crippen LogP contribution in [0.25, 0.3) is 6.08 Å². The Hall–Kier alpha value is -2.97. The van der Waals surface area contributed by atoms with E-state index in [0.29, 0.717) is 5.56 Å². The second-order valence-electron chi connectivity index (χ2n) is 5.99. The predicted molar refractivity (Wildman–Crippen MR) is 104 cm³/mol. The Morgan fingerprint density at radius 3 is 2.41 bits per heavy atom. The van der Waals surface area contributed by atoms with Crippen LogP contribution in [0.5, 0.6) is 0 Å². The molecule has 0 saturated carbocycles. The molecule has 0 spiro atoms. The van der Waals surface area contributed by atoms with Crippen LogP contribution in [-0.4, -0.2) is 26.3 Å². The number of hydrogen-bond donors (Lipinski definition) is 3. The van der Waals surface area contributed by atoms with E-state index in [-0.39, 0.29) is 10.6 Å². The van der Waals surface area contributed by atoms with Gasteiger partial charge in [-0.1, -0.05) is 36.4 Å². The summed E-state index contributed by atoms with van der Waals surface area (Å²) < 4.78 is 23.1. The first-order valence-corrected chi connectivity index (χ1v) is 9.69. The highest BCUT2D eigenvalue weighted by molar-refractivity contribution is 7.89. The normalized spacial score (nSPS) is 12.6. The fraction of sp³-hybridized carbons (Fsp3) is 0.158. The zero-order valence-corrected chi connectivity index (χ0v) is 15.8. The van der Waals surface area contributed by atoms with Crippen molar-refractivity contribution in [1.29, 1.82) is 0 Å². The van der Waals surface area contributed by atoms with Crippen molar-refractivity contribution in [2.24, 2.45) is 5.14 Å². The van der Waals surface area contributed by atoms with E-state index in [1.165, 1.54) is 19.1 Å². The minimum Gasteiger partial charge on any atom is -0.341 e. The summed E-state index contributed by atoms with van der Waals surface area (Å²) >= 11 is 0. The molecule has 0 saturated heterocycles. The fourth-order valence-electron chi connectivity index (χ4n) is 2.30. The van der Waals surface area contributed by atoms with E-state index in [9.17, 15) is 18.0 Å². The highest BCUT2D eigenvalue weighted by Crippen LogP contribution is 2.19. The van der Waals surface area contributed by atoms with Gasteiger partial charge < -0.3 is 10.6 Å². The summed E-state index contributed by atoms with van der Waals surface area (Å²) in [6.45, 7) is 3.13. The van der Waals surface area contributed by atoms with Crippen LogP contribution in [0.15, 0.2) is 59.5 Å². The maximum atomic E-state index is 12.2. The van der Waals surface area contributed by atoms with Crippen LogP contribution in [0.3, 0.4) is 0 Å². The molecule has 7 nitrogen and oxygen atoms in total. The zero-order valence-electron chi connectivity index (χ0n) is 15.0. The van der Waals surface area contributed by atoms with E-state index < -0.39 is 27.9 Å². The largest absolute Gasteiger partial charge is 0.341 e. The van der Waals surface area contributed by atoms with Crippen molar-refractivity contribution in [1.82, 2.24) is 5.32 Å². The molecule has 2 aromatic carbocycles. The Balaban J connectivity index is 1.99. The molecule has 0 radical (unpaired) electrons. The van der Waals surface area contributed by atoms with Gasteiger partial charge in [-0.2, -0.15) is 0 Å². The number of nitrogens with one attached hydrogen (secondary N) is 2. The molecule has 0 fully saturated rings. The molecule has 8 heteroatoms. The average Bonchev–Trinajstić information content (AvgIpc) is 2.61. The molecule has 0 aliphatic rings. The molecule has 0 unspecified atom stereocenters. The van der Waals surface area contributed by atoms with E-state index in [1.54, 1.807) is 25.1 Å². The Morgan fingerprint density at radius 1 is 1.11 bits per heavy atom. The topological polar surface area (TPSA) is 118 Å². The first kappa shape index (κ1) is 20.3. The van der Waals surface area contributed by atoms with Crippen LogP contribution in [0.1, 0.15) is 18.1 Å². The minimum absolute atomic E-state index is 0.0669. The van der Waals surface area contributed by atoms with Crippen LogP contribution in [0.4, 0.5) is 5.69 Å². The molecule has 0 heterocycles. The number of nitrogens with two attached hydrogens (primary N) is 1. The van der Waals surface area contributed by atoms with Crippen molar-refractivity contribution in [3.8, 4) is 0 Å². The summed E-state index contributed by atoms with van der Waals surface area (Å²) in [5, 5.41) is 10.3. The van der Waals surface area contributed by atoms with E-state index in [2.05, 4.69) is 10.6 Å². The van der Waals surface area contributed by atoms with Crippen molar-refractivity contribution in [3.05, 3.63) is 65.7 Å². The molecule has 4 N–H and O–H groups in total. The van der Waals surface area contributed by atoms with Crippen molar-refractivity contribution < 1.29 is 18.0 Å². The van der Waals surface area contributed by atoms with Gasteiger partial charge in [-0.25, -0.2) is 13.6 Å². The smallest absolute Gasteiger partial charge is 0.246 e. The van der Waals surface area contributed by atoms with Gasteiger partial charge in [0.2, 0.25) is 21.8 Å². The molecule has 0 aliphatic carbocycles. The monoisotopic (exact) mass is 387 g/mol. The Labute approximate surface area is 158 Å². The third-order valence-corrected chi connectivity index (χ3v) is 4.79. The Morgan fingerprint density at radius 2 is 1.78 bits per heavy atom. The van der Waals surface area contributed by atoms with Gasteiger partial charge in [-0.15, -0.1) is 0 Å². The first-order valence-electron chi connectivity index (χ1n) is 8.15. The molecule has 1 atom stereocenters. The lowest BCUT2D eigenvalue weighted by Gasteiger charge is -2.14. The highest BCUT2D eigenvalue weighted by atomic mass is 32.2. The van der Waals surface area contributed by atoms with Crippen molar-refractivity contribution >= 4 is 33.6 Å². The summed E-state index contributed by atoms with van der Waals surface area (Å²) in [5.74, 6) is -0.906. The van der Waals surface area contributed by atoms with Crippen molar-refractivity contribution in [2.45, 2.75) is 24.8 Å². The molecule has 2 amide bonds. The molecule has 27 heavy (non-hydrogen) atoms. The molecule has 0 bridgehead atoms. The molecule has 2 rings (SSSR count). The van der Waals surface area contributed by atoms with Crippen LogP contribution >= 0.6 is 0 Å². The van der Waals surface area contributed by atoms with Crippen LogP contribution in [-0.2, 0) is 19.6 Å². The van der Waals surface area contributed by atoms with Crippen LogP contribution < -0.4 is 15.8 Å². The quantitative estimate of drug-likeness (QED) is 0.655. The number of sulfonamides is 1. The van der Waals surface area contributed by atoms with E-state index in [1.807, 2.05) is 30.3 Å². The van der Waals surface area contributed by atoms with Crippen molar-refractivity contribution in [3.63, 3.8) is 0 Å². The third-order valence-electron chi connectivity index (χ3n) is 3.74. The number of anilines is 1. The van der Waals surface area contributed by atoms with Gasteiger partial charge in [-0.05, 0) is 43.2 Å². The molecular weight excluding hydrogens is 366 g/mol. The van der Waals surface area contributed by atoms with E-state index >= 15 is 0 Å². The van der Waals surface area contributed by atoms with Crippen LogP contribution in [0.2, 0.25) is 0 Å². The van der Waals surface area contributed by atoms with Gasteiger partial charge in [0.05, 0.1) is 4.90 Å². The van der Waals surface area contributed by atoms with E-state index in [4.69, 9.17) is 5.14 Å².